The molecule has 4 bridgehead atoms. The predicted molar refractivity (Wildman–Crippen MR) is 80.8 cm³/mol. The molecule has 0 aliphatic heterocycles. The van der Waals surface area contributed by atoms with Gasteiger partial charge in [0.2, 0.25) is 0 Å². The van der Waals surface area contributed by atoms with Crippen LogP contribution < -0.4 is 0 Å². The van der Waals surface area contributed by atoms with Gasteiger partial charge in [0.15, 0.2) is 11.0 Å². The van der Waals surface area contributed by atoms with Crippen LogP contribution in [-0.4, -0.2) is 9.97 Å². The first-order valence-corrected chi connectivity index (χ1v) is 8.31. The predicted octanol–water partition coefficient (Wildman–Crippen LogP) is 4.83. The van der Waals surface area contributed by atoms with Crippen LogP contribution in [0.4, 0.5) is 4.39 Å². The van der Waals surface area contributed by atoms with E-state index in [0.717, 1.165) is 31.0 Å². The molecule has 0 aromatic carbocycles. The highest BCUT2D eigenvalue weighted by Crippen LogP contribution is 2.69. The van der Waals surface area contributed by atoms with Crippen LogP contribution in [0.1, 0.15) is 63.9 Å². The summed E-state index contributed by atoms with van der Waals surface area (Å²) in [4.78, 5) is 8.88. The zero-order chi connectivity index (χ0) is 15.0. The highest BCUT2D eigenvalue weighted by molar-refractivity contribution is 6.29. The van der Waals surface area contributed by atoms with Gasteiger partial charge in [-0.15, -0.1) is 0 Å². The smallest absolute Gasteiger partial charge is 0.181 e. The van der Waals surface area contributed by atoms with Crippen LogP contribution in [0.25, 0.3) is 0 Å². The zero-order valence-corrected chi connectivity index (χ0v) is 13.7. The van der Waals surface area contributed by atoms with Crippen LogP contribution in [0.5, 0.6) is 0 Å². The second-order valence-electron chi connectivity index (χ2n) is 8.65. The molecule has 0 radical (unpaired) electrons. The van der Waals surface area contributed by atoms with E-state index in [1.54, 1.807) is 6.92 Å². The SMILES string of the molecule is Cc1nc(C23CC4CC(C)(CC(C)(C4)C2)C3)nc(Cl)c1F. The normalized spacial score (nSPS) is 44.3. The first kappa shape index (κ1) is 13.9. The van der Waals surface area contributed by atoms with Crippen LogP contribution >= 0.6 is 11.6 Å². The maximum Gasteiger partial charge on any atom is 0.181 e. The third-order valence-electron chi connectivity index (χ3n) is 6.08. The Hall–Kier alpha value is -0.700. The maximum atomic E-state index is 13.8. The molecule has 4 heteroatoms. The van der Waals surface area contributed by atoms with E-state index in [-0.39, 0.29) is 10.6 Å². The van der Waals surface area contributed by atoms with Crippen molar-refractivity contribution in [3.05, 3.63) is 22.5 Å². The molecule has 2 nitrogen and oxygen atoms in total. The number of halogens is 2. The number of hydrogen-bond acceptors (Lipinski definition) is 2. The Bertz CT molecular complexity index is 588. The molecule has 2 unspecified atom stereocenters. The lowest BCUT2D eigenvalue weighted by molar-refractivity contribution is -0.112. The summed E-state index contributed by atoms with van der Waals surface area (Å²) in [6.07, 6.45) is 7.39. The quantitative estimate of drug-likeness (QED) is 0.695. The van der Waals surface area contributed by atoms with E-state index < -0.39 is 5.82 Å². The van der Waals surface area contributed by atoms with Gasteiger partial charge in [0.05, 0.1) is 5.69 Å². The maximum absolute atomic E-state index is 13.8. The summed E-state index contributed by atoms with van der Waals surface area (Å²) in [6, 6.07) is 0. The number of hydrogen-bond donors (Lipinski definition) is 0. The van der Waals surface area contributed by atoms with E-state index in [1.807, 2.05) is 0 Å². The fourth-order valence-electron chi connectivity index (χ4n) is 6.46. The molecule has 0 saturated heterocycles. The van der Waals surface area contributed by atoms with Crippen molar-refractivity contribution < 1.29 is 4.39 Å². The molecule has 0 N–H and O–H groups in total. The molecule has 1 aromatic rings. The standard InChI is InChI=1S/C17H22ClFN2/c1-10-12(19)13(18)21-14(20-10)17-6-11-4-15(2,8-17)7-16(3,5-11)9-17/h11H,4-9H2,1-3H3. The molecule has 2 atom stereocenters. The highest BCUT2D eigenvalue weighted by Gasteiger charge is 2.61. The summed E-state index contributed by atoms with van der Waals surface area (Å²) in [6.45, 7) is 6.53. The Balaban J connectivity index is 1.84. The molecular weight excluding hydrogens is 287 g/mol. The molecule has 4 aliphatic carbocycles. The molecule has 4 aliphatic rings. The van der Waals surface area contributed by atoms with Crippen molar-refractivity contribution in [3.8, 4) is 0 Å². The first-order chi connectivity index (χ1) is 9.73. The summed E-state index contributed by atoms with van der Waals surface area (Å²) < 4.78 is 13.8. The van der Waals surface area contributed by atoms with Gasteiger partial charge in [-0.05, 0) is 62.2 Å². The molecular formula is C17H22ClFN2. The lowest BCUT2D eigenvalue weighted by Gasteiger charge is -2.64. The molecule has 21 heavy (non-hydrogen) atoms. The molecule has 4 fully saturated rings. The zero-order valence-electron chi connectivity index (χ0n) is 13.0. The van der Waals surface area contributed by atoms with Crippen LogP contribution in [0.2, 0.25) is 5.15 Å². The second kappa shape index (κ2) is 3.98. The number of nitrogens with zero attached hydrogens (tertiary/aromatic N) is 2. The monoisotopic (exact) mass is 308 g/mol. The van der Waals surface area contributed by atoms with Crippen LogP contribution in [-0.2, 0) is 5.41 Å². The molecule has 4 saturated carbocycles. The number of aryl methyl sites for hydroxylation is 1. The lowest BCUT2D eigenvalue weighted by atomic mass is 9.40. The van der Waals surface area contributed by atoms with Gasteiger partial charge in [-0.2, -0.15) is 0 Å². The van der Waals surface area contributed by atoms with E-state index in [9.17, 15) is 4.39 Å². The number of rotatable bonds is 1. The number of aromatic nitrogens is 2. The van der Waals surface area contributed by atoms with Crippen LogP contribution in [0.3, 0.4) is 0 Å². The summed E-state index contributed by atoms with van der Waals surface area (Å²) in [5, 5.41) is -0.0106. The summed E-state index contributed by atoms with van der Waals surface area (Å²) >= 11 is 6.00. The van der Waals surface area contributed by atoms with Crippen molar-refractivity contribution in [3.63, 3.8) is 0 Å². The van der Waals surface area contributed by atoms with E-state index in [4.69, 9.17) is 11.6 Å². The average Bonchev–Trinajstić information content (AvgIpc) is 2.30. The molecule has 0 spiro atoms. The van der Waals surface area contributed by atoms with Crippen molar-refractivity contribution in [2.45, 2.75) is 64.7 Å². The second-order valence-corrected chi connectivity index (χ2v) is 9.01. The first-order valence-electron chi connectivity index (χ1n) is 7.93. The minimum absolute atomic E-state index is 0.0106. The molecule has 0 amide bonds. The van der Waals surface area contributed by atoms with Gasteiger partial charge < -0.3 is 0 Å². The van der Waals surface area contributed by atoms with Crippen LogP contribution in [0.15, 0.2) is 0 Å². The topological polar surface area (TPSA) is 25.8 Å². The van der Waals surface area contributed by atoms with E-state index >= 15 is 0 Å². The minimum atomic E-state index is -0.470. The Morgan fingerprint density at radius 1 is 1.05 bits per heavy atom. The van der Waals surface area contributed by atoms with Gasteiger partial charge in [-0.1, -0.05) is 25.4 Å². The van der Waals surface area contributed by atoms with Crippen molar-refractivity contribution in [2.24, 2.45) is 16.7 Å². The van der Waals surface area contributed by atoms with Crippen molar-refractivity contribution in [2.75, 3.05) is 0 Å². The van der Waals surface area contributed by atoms with Crippen molar-refractivity contribution in [1.29, 1.82) is 0 Å². The fourth-order valence-corrected chi connectivity index (χ4v) is 6.68. The molecule has 114 valence electrons. The third kappa shape index (κ3) is 1.96. The van der Waals surface area contributed by atoms with Gasteiger partial charge in [-0.3, -0.25) is 0 Å². The Kier molecular flexibility index (Phi) is 2.64. The largest absolute Gasteiger partial charge is 0.234 e. The van der Waals surface area contributed by atoms with Crippen molar-refractivity contribution in [1.82, 2.24) is 9.97 Å². The molecule has 1 heterocycles. The van der Waals surface area contributed by atoms with Gasteiger partial charge in [0.1, 0.15) is 5.82 Å². The van der Waals surface area contributed by atoms with Gasteiger partial charge in [0.25, 0.3) is 0 Å². The Labute approximate surface area is 130 Å². The fraction of sp³-hybridized carbons (Fsp3) is 0.765. The van der Waals surface area contributed by atoms with E-state index in [2.05, 4.69) is 23.8 Å². The molecule has 1 aromatic heterocycles. The highest BCUT2D eigenvalue weighted by atomic mass is 35.5. The summed E-state index contributed by atoms with van der Waals surface area (Å²) in [7, 11) is 0. The Morgan fingerprint density at radius 3 is 2.19 bits per heavy atom. The van der Waals surface area contributed by atoms with Gasteiger partial charge in [0, 0.05) is 5.41 Å². The lowest BCUT2D eigenvalue weighted by Crippen LogP contribution is -2.57. The van der Waals surface area contributed by atoms with Gasteiger partial charge in [-0.25, -0.2) is 14.4 Å². The van der Waals surface area contributed by atoms with Gasteiger partial charge >= 0.3 is 0 Å². The average molecular weight is 309 g/mol. The van der Waals surface area contributed by atoms with Crippen molar-refractivity contribution >= 4 is 11.6 Å². The molecule has 5 rings (SSSR count). The van der Waals surface area contributed by atoms with E-state index in [1.165, 1.54) is 19.3 Å². The van der Waals surface area contributed by atoms with Crippen LogP contribution in [0, 0.1) is 29.5 Å². The third-order valence-corrected chi connectivity index (χ3v) is 6.33. The summed E-state index contributed by atoms with van der Waals surface area (Å²) in [5.41, 5.74) is 1.19. The minimum Gasteiger partial charge on any atom is -0.234 e. The Morgan fingerprint density at radius 2 is 1.67 bits per heavy atom. The summed E-state index contributed by atoms with van der Waals surface area (Å²) in [5.74, 6) is 1.10. The van der Waals surface area contributed by atoms with E-state index in [0.29, 0.717) is 16.5 Å².